The van der Waals surface area contributed by atoms with Gasteiger partial charge in [-0.15, -0.1) is 0 Å². The van der Waals surface area contributed by atoms with Gasteiger partial charge in [-0.25, -0.2) is 15.4 Å². The molecule has 0 aliphatic heterocycles. The highest BCUT2D eigenvalue weighted by Gasteiger charge is 2.11. The van der Waals surface area contributed by atoms with Crippen molar-refractivity contribution in [2.45, 2.75) is 27.7 Å². The second kappa shape index (κ2) is 8.10. The molecule has 0 saturated heterocycles. The lowest BCUT2D eigenvalue weighted by Gasteiger charge is -2.10. The number of fused-ring (bicyclic) bond motifs is 1. The molecule has 2 heterocycles. The average Bonchev–Trinajstić information content (AvgIpc) is 2.72. The van der Waals surface area contributed by atoms with E-state index in [2.05, 4.69) is 33.5 Å². The summed E-state index contributed by atoms with van der Waals surface area (Å²) in [4.78, 5) is 8.78. The summed E-state index contributed by atoms with van der Waals surface area (Å²) in [6.07, 6.45) is 0. The predicted molar refractivity (Wildman–Crippen MR) is 120 cm³/mol. The number of nitrogens with zero attached hydrogens (tertiary/aromatic N) is 3. The van der Waals surface area contributed by atoms with Gasteiger partial charge < -0.3 is 14.3 Å². The lowest BCUT2D eigenvalue weighted by Crippen LogP contribution is -2.10. The van der Waals surface area contributed by atoms with Crippen LogP contribution >= 0.6 is 0 Å². The van der Waals surface area contributed by atoms with Crippen molar-refractivity contribution in [1.82, 2.24) is 9.97 Å². The van der Waals surface area contributed by atoms with Gasteiger partial charge in [-0.3, -0.25) is 0 Å². The summed E-state index contributed by atoms with van der Waals surface area (Å²) >= 11 is 0. The number of hydrogen-bond acceptors (Lipinski definition) is 7. The lowest BCUT2D eigenvalue weighted by molar-refractivity contribution is 0.373. The van der Waals surface area contributed by atoms with Gasteiger partial charge in [0.25, 0.3) is 0 Å². The number of anilines is 1. The van der Waals surface area contributed by atoms with Crippen LogP contribution in [0.4, 0.5) is 5.95 Å². The summed E-state index contributed by atoms with van der Waals surface area (Å²) in [7, 11) is 1.51. The minimum Gasteiger partial charge on any atom is -0.504 e. The maximum absolute atomic E-state index is 9.93. The van der Waals surface area contributed by atoms with Crippen molar-refractivity contribution in [2.24, 2.45) is 5.10 Å². The monoisotopic (exact) mass is 416 g/mol. The van der Waals surface area contributed by atoms with Gasteiger partial charge in [0, 0.05) is 28.4 Å². The van der Waals surface area contributed by atoms with E-state index in [-0.39, 0.29) is 5.75 Å². The fourth-order valence-electron chi connectivity index (χ4n) is 3.38. The largest absolute Gasteiger partial charge is 0.504 e. The average molecular weight is 416 g/mol. The third-order valence-corrected chi connectivity index (χ3v) is 5.08. The molecule has 7 nitrogen and oxygen atoms in total. The number of aromatic nitrogens is 2. The molecule has 0 bridgehead atoms. The van der Waals surface area contributed by atoms with Crippen LogP contribution in [-0.2, 0) is 0 Å². The molecule has 7 heteroatoms. The number of aromatic hydroxyl groups is 1. The molecule has 0 aliphatic rings. The van der Waals surface area contributed by atoms with Crippen molar-refractivity contribution in [3.8, 4) is 22.8 Å². The molecule has 2 aromatic heterocycles. The Bertz CT molecular complexity index is 1340. The van der Waals surface area contributed by atoms with E-state index in [9.17, 15) is 5.11 Å². The number of ether oxygens (including phenoxy) is 1. The van der Waals surface area contributed by atoms with Crippen LogP contribution in [0.2, 0.25) is 0 Å². The Kier molecular flexibility index (Phi) is 5.33. The molecule has 0 radical (unpaired) electrons. The molecule has 0 amide bonds. The quantitative estimate of drug-likeness (QED) is 0.466. The van der Waals surface area contributed by atoms with E-state index in [1.54, 1.807) is 18.2 Å². The normalized spacial score (nSPS) is 11.7. The number of nitrogens with one attached hydrogen (secondary N) is 1. The number of methoxy groups -OCH3 is 1. The molecule has 2 N–H and O–H groups in total. The minimum absolute atomic E-state index is 0.0667. The van der Waals surface area contributed by atoms with Crippen molar-refractivity contribution in [1.29, 1.82) is 0 Å². The minimum atomic E-state index is 0.0667. The van der Waals surface area contributed by atoms with Crippen molar-refractivity contribution in [3.05, 3.63) is 70.3 Å². The SMILES string of the molecule is COc1cc(-c2cc(=NNc3nc(C)cc(C)n3)c3cc(C)c(C)cc3o2)ccc1O. The predicted octanol–water partition coefficient (Wildman–Crippen LogP) is 4.77. The zero-order valence-corrected chi connectivity index (χ0v) is 18.1. The first-order valence-electron chi connectivity index (χ1n) is 9.88. The van der Waals surface area contributed by atoms with Crippen LogP contribution in [0.3, 0.4) is 0 Å². The molecule has 0 aliphatic carbocycles. The van der Waals surface area contributed by atoms with Gasteiger partial charge in [0.2, 0.25) is 5.95 Å². The Morgan fingerprint density at radius 2 is 1.65 bits per heavy atom. The fraction of sp³-hybridized carbons (Fsp3) is 0.208. The zero-order valence-electron chi connectivity index (χ0n) is 18.1. The number of phenols is 1. The molecule has 0 spiro atoms. The van der Waals surface area contributed by atoms with Crippen LogP contribution in [0.15, 0.2) is 52.0 Å². The number of aryl methyl sites for hydroxylation is 4. The number of rotatable bonds is 4. The van der Waals surface area contributed by atoms with Crippen LogP contribution in [-0.4, -0.2) is 22.2 Å². The molecule has 158 valence electrons. The van der Waals surface area contributed by atoms with E-state index in [1.165, 1.54) is 7.11 Å². The Morgan fingerprint density at radius 1 is 0.935 bits per heavy atom. The molecule has 4 rings (SSSR count). The number of hydrogen-bond donors (Lipinski definition) is 2. The summed E-state index contributed by atoms with van der Waals surface area (Å²) in [5.74, 6) is 1.46. The summed E-state index contributed by atoms with van der Waals surface area (Å²) in [5.41, 5.74) is 8.42. The highest BCUT2D eigenvalue weighted by molar-refractivity contribution is 5.80. The zero-order chi connectivity index (χ0) is 22.1. The van der Waals surface area contributed by atoms with E-state index < -0.39 is 0 Å². The molecule has 0 fully saturated rings. The maximum Gasteiger partial charge on any atom is 0.243 e. The van der Waals surface area contributed by atoms with Gasteiger partial charge >= 0.3 is 0 Å². The Morgan fingerprint density at radius 3 is 2.35 bits per heavy atom. The van der Waals surface area contributed by atoms with Gasteiger partial charge in [0.1, 0.15) is 11.3 Å². The van der Waals surface area contributed by atoms with E-state index in [0.717, 1.165) is 33.5 Å². The van der Waals surface area contributed by atoms with Crippen molar-refractivity contribution in [3.63, 3.8) is 0 Å². The van der Waals surface area contributed by atoms with Gasteiger partial charge in [-0.2, -0.15) is 5.10 Å². The van der Waals surface area contributed by atoms with E-state index in [0.29, 0.717) is 28.4 Å². The Hall–Kier alpha value is -3.87. The molecule has 4 aromatic rings. The van der Waals surface area contributed by atoms with Crippen LogP contribution < -0.4 is 15.5 Å². The lowest BCUT2D eigenvalue weighted by atomic mass is 10.1. The van der Waals surface area contributed by atoms with Crippen molar-refractivity contribution in [2.75, 3.05) is 12.5 Å². The van der Waals surface area contributed by atoms with E-state index in [4.69, 9.17) is 9.15 Å². The standard InChI is InChI=1S/C24H24N4O3/c1-13-8-18-19(27-28-24-25-15(3)10-16(4)26-24)12-21(31-22(18)9-14(13)2)17-6-7-20(29)23(11-17)30-5/h6-12,29H,1-5H3,(H,25,26,28). The maximum atomic E-state index is 9.93. The highest BCUT2D eigenvalue weighted by atomic mass is 16.5. The molecular formula is C24H24N4O3. The van der Waals surface area contributed by atoms with Crippen LogP contribution in [0.25, 0.3) is 22.3 Å². The van der Waals surface area contributed by atoms with Gasteiger partial charge in [0.15, 0.2) is 11.5 Å². The second-order valence-corrected chi connectivity index (χ2v) is 7.51. The highest BCUT2D eigenvalue weighted by Crippen LogP contribution is 2.32. The summed E-state index contributed by atoms with van der Waals surface area (Å²) in [6.45, 7) is 7.93. The van der Waals surface area contributed by atoms with Crippen LogP contribution in [0.5, 0.6) is 11.5 Å². The molecule has 0 saturated carbocycles. The molecule has 31 heavy (non-hydrogen) atoms. The summed E-state index contributed by atoms with van der Waals surface area (Å²) < 4.78 is 11.4. The summed E-state index contributed by atoms with van der Waals surface area (Å²) in [6, 6.07) is 12.9. The van der Waals surface area contributed by atoms with E-state index in [1.807, 2.05) is 39.0 Å². The fourth-order valence-corrected chi connectivity index (χ4v) is 3.38. The first kappa shape index (κ1) is 20.4. The molecule has 0 atom stereocenters. The van der Waals surface area contributed by atoms with Crippen LogP contribution in [0, 0.1) is 27.7 Å². The van der Waals surface area contributed by atoms with Gasteiger partial charge in [-0.05, 0) is 75.2 Å². The molecule has 0 unspecified atom stereocenters. The molecular weight excluding hydrogens is 392 g/mol. The molecule has 2 aromatic carbocycles. The van der Waals surface area contributed by atoms with Crippen molar-refractivity contribution >= 4 is 16.9 Å². The third kappa shape index (κ3) is 4.21. The topological polar surface area (TPSA) is 92.8 Å². The van der Waals surface area contributed by atoms with Crippen molar-refractivity contribution < 1.29 is 14.3 Å². The Balaban J connectivity index is 1.91. The van der Waals surface area contributed by atoms with Crippen LogP contribution in [0.1, 0.15) is 22.5 Å². The first-order valence-corrected chi connectivity index (χ1v) is 9.88. The number of benzene rings is 2. The smallest absolute Gasteiger partial charge is 0.243 e. The van der Waals surface area contributed by atoms with E-state index >= 15 is 0 Å². The summed E-state index contributed by atoms with van der Waals surface area (Å²) in [5, 5.41) is 16.1. The first-order chi connectivity index (χ1) is 14.8. The van der Waals surface area contributed by atoms with Gasteiger partial charge in [-0.1, -0.05) is 0 Å². The second-order valence-electron chi connectivity index (χ2n) is 7.51. The number of phenolic OH excluding ortho intramolecular Hbond substituents is 1. The Labute approximate surface area is 180 Å². The van der Waals surface area contributed by atoms with Gasteiger partial charge in [0.05, 0.1) is 12.5 Å². The third-order valence-electron chi connectivity index (χ3n) is 5.08.